The number of thiocarbonyl (C=S) groups is 1. The number of hydrogen-bond acceptors (Lipinski definition) is 2. The third-order valence-electron chi connectivity index (χ3n) is 0.407. The summed E-state index contributed by atoms with van der Waals surface area (Å²) < 4.78 is 4.95. The van der Waals surface area contributed by atoms with Crippen LogP contribution < -0.4 is 5.73 Å². The molecule has 0 amide bonds. The number of ether oxygens (including phenoxy) is 1. The molecule has 0 aliphatic rings. The van der Waals surface area contributed by atoms with Crippen molar-refractivity contribution in [3.8, 4) is 0 Å². The van der Waals surface area contributed by atoms with Crippen LogP contribution in [0.2, 0.25) is 0 Å². The van der Waals surface area contributed by atoms with Crippen molar-refractivity contribution in [2.24, 2.45) is 5.73 Å². The lowest BCUT2D eigenvalue weighted by Gasteiger charge is -2.18. The Morgan fingerprint density at radius 2 is 1.88 bits per heavy atom. The van der Waals surface area contributed by atoms with Gasteiger partial charge in [0, 0.05) is 0 Å². The summed E-state index contributed by atoms with van der Waals surface area (Å²) in [5, 5.41) is 0.109. The second-order valence-corrected chi connectivity index (χ2v) is 2.94. The summed E-state index contributed by atoms with van der Waals surface area (Å²) in [7, 11) is 0. The summed E-state index contributed by atoms with van der Waals surface area (Å²) in [5.74, 6) is 0. The fourth-order valence-electron chi connectivity index (χ4n) is 0.302. The van der Waals surface area contributed by atoms with E-state index in [2.05, 4.69) is 12.2 Å². The van der Waals surface area contributed by atoms with Crippen LogP contribution in [0.1, 0.15) is 20.8 Å². The topological polar surface area (TPSA) is 35.2 Å². The van der Waals surface area contributed by atoms with Crippen LogP contribution in [-0.4, -0.2) is 10.8 Å². The predicted molar refractivity (Wildman–Crippen MR) is 37.6 cm³/mol. The molecule has 0 radical (unpaired) electrons. The molecule has 8 heavy (non-hydrogen) atoms. The molecule has 0 unspecified atom stereocenters. The van der Waals surface area contributed by atoms with E-state index in [9.17, 15) is 0 Å². The van der Waals surface area contributed by atoms with E-state index in [1.165, 1.54) is 0 Å². The number of nitrogens with two attached hydrogens (primary N) is 1. The quantitative estimate of drug-likeness (QED) is 0.501. The van der Waals surface area contributed by atoms with Crippen molar-refractivity contribution in [1.82, 2.24) is 0 Å². The normalized spacial score (nSPS) is 10.9. The Morgan fingerprint density at radius 1 is 1.50 bits per heavy atom. The highest BCUT2D eigenvalue weighted by Crippen LogP contribution is 2.05. The van der Waals surface area contributed by atoms with Gasteiger partial charge in [-0.05, 0) is 33.0 Å². The first-order valence-corrected chi connectivity index (χ1v) is 2.81. The fraction of sp³-hybridized carbons (Fsp3) is 0.800. The molecule has 2 N–H and O–H groups in total. The molecular formula is C5H11NOS. The lowest BCUT2D eigenvalue weighted by Crippen LogP contribution is -2.27. The molecule has 0 fully saturated rings. The van der Waals surface area contributed by atoms with Gasteiger partial charge in [-0.1, -0.05) is 0 Å². The average molecular weight is 133 g/mol. The minimum absolute atomic E-state index is 0.109. The third-order valence-corrected chi connectivity index (χ3v) is 0.490. The van der Waals surface area contributed by atoms with Crippen LogP contribution in [0.25, 0.3) is 0 Å². The Bertz CT molecular complexity index is 95.1. The minimum atomic E-state index is -0.244. The summed E-state index contributed by atoms with van der Waals surface area (Å²) in [4.78, 5) is 0. The monoisotopic (exact) mass is 133 g/mol. The van der Waals surface area contributed by atoms with Gasteiger partial charge in [-0.15, -0.1) is 0 Å². The SMILES string of the molecule is CC(C)(C)OC(N)=S. The molecule has 0 aliphatic carbocycles. The first-order chi connectivity index (χ1) is 3.42. The van der Waals surface area contributed by atoms with Gasteiger partial charge in [-0.2, -0.15) is 0 Å². The van der Waals surface area contributed by atoms with Crippen molar-refractivity contribution in [3.05, 3.63) is 0 Å². The molecule has 0 aliphatic heterocycles. The predicted octanol–water partition coefficient (Wildman–Crippen LogP) is 1.05. The summed E-state index contributed by atoms with van der Waals surface area (Å²) in [5.41, 5.74) is 4.84. The molecule has 0 bridgehead atoms. The third kappa shape index (κ3) is 5.69. The molecule has 48 valence electrons. The molecule has 0 atom stereocenters. The van der Waals surface area contributed by atoms with E-state index in [1.54, 1.807) is 0 Å². The smallest absolute Gasteiger partial charge is 0.254 e. The largest absolute Gasteiger partial charge is 0.465 e. The molecule has 0 aromatic rings. The van der Waals surface area contributed by atoms with Crippen LogP contribution in [0, 0.1) is 0 Å². The van der Waals surface area contributed by atoms with E-state index in [0.717, 1.165) is 0 Å². The Labute approximate surface area is 55.0 Å². The summed E-state index contributed by atoms with van der Waals surface area (Å²) >= 11 is 4.50. The van der Waals surface area contributed by atoms with Crippen LogP contribution in [-0.2, 0) is 4.74 Å². The van der Waals surface area contributed by atoms with E-state index >= 15 is 0 Å². The van der Waals surface area contributed by atoms with Gasteiger partial charge in [0.2, 0.25) is 0 Å². The Hall–Kier alpha value is -0.310. The Morgan fingerprint density at radius 3 is 1.88 bits per heavy atom. The van der Waals surface area contributed by atoms with Crippen molar-refractivity contribution < 1.29 is 4.74 Å². The van der Waals surface area contributed by atoms with E-state index in [0.29, 0.717) is 0 Å². The Kier molecular flexibility index (Phi) is 2.22. The van der Waals surface area contributed by atoms with E-state index in [1.807, 2.05) is 20.8 Å². The van der Waals surface area contributed by atoms with Gasteiger partial charge in [0.25, 0.3) is 5.17 Å². The summed E-state index contributed by atoms with van der Waals surface area (Å²) in [6, 6.07) is 0. The average Bonchev–Trinajstić information content (AvgIpc) is 1.21. The minimum Gasteiger partial charge on any atom is -0.465 e. The summed E-state index contributed by atoms with van der Waals surface area (Å²) in [6.07, 6.45) is 0. The number of rotatable bonds is 0. The van der Waals surface area contributed by atoms with Crippen molar-refractivity contribution in [2.75, 3.05) is 0 Å². The molecule has 0 heterocycles. The second-order valence-electron chi connectivity index (χ2n) is 2.53. The fourth-order valence-corrected chi connectivity index (χ4v) is 0.552. The van der Waals surface area contributed by atoms with Crippen LogP contribution in [0.3, 0.4) is 0 Å². The Balaban J connectivity index is 3.55. The van der Waals surface area contributed by atoms with Crippen LogP contribution in [0.15, 0.2) is 0 Å². The van der Waals surface area contributed by atoms with Gasteiger partial charge in [-0.25, -0.2) is 0 Å². The lowest BCUT2D eigenvalue weighted by molar-refractivity contribution is 0.119. The van der Waals surface area contributed by atoms with Crippen molar-refractivity contribution in [1.29, 1.82) is 0 Å². The zero-order valence-electron chi connectivity index (χ0n) is 5.39. The van der Waals surface area contributed by atoms with Gasteiger partial charge in [0.1, 0.15) is 5.60 Å². The standard InChI is InChI=1S/C5H11NOS/c1-5(2,3)7-4(6)8/h1-3H3,(H2,6,8). The van der Waals surface area contributed by atoms with E-state index in [4.69, 9.17) is 10.5 Å². The van der Waals surface area contributed by atoms with Gasteiger partial charge in [0.15, 0.2) is 0 Å². The molecule has 0 aromatic heterocycles. The van der Waals surface area contributed by atoms with Gasteiger partial charge < -0.3 is 10.5 Å². The van der Waals surface area contributed by atoms with Crippen molar-refractivity contribution in [3.63, 3.8) is 0 Å². The van der Waals surface area contributed by atoms with Crippen LogP contribution in [0.5, 0.6) is 0 Å². The van der Waals surface area contributed by atoms with Crippen molar-refractivity contribution >= 4 is 17.4 Å². The molecular weight excluding hydrogens is 122 g/mol. The first-order valence-electron chi connectivity index (χ1n) is 2.40. The molecule has 0 spiro atoms. The summed E-state index contributed by atoms with van der Waals surface area (Å²) in [6.45, 7) is 5.68. The maximum absolute atomic E-state index is 5.09. The number of hydrogen-bond donors (Lipinski definition) is 1. The maximum atomic E-state index is 5.09. The van der Waals surface area contributed by atoms with Gasteiger partial charge >= 0.3 is 0 Å². The van der Waals surface area contributed by atoms with Gasteiger partial charge in [0.05, 0.1) is 0 Å². The molecule has 0 saturated carbocycles. The van der Waals surface area contributed by atoms with Crippen LogP contribution >= 0.6 is 12.2 Å². The van der Waals surface area contributed by atoms with E-state index < -0.39 is 0 Å². The maximum Gasteiger partial charge on any atom is 0.254 e. The van der Waals surface area contributed by atoms with E-state index in [-0.39, 0.29) is 10.8 Å². The van der Waals surface area contributed by atoms with Crippen molar-refractivity contribution in [2.45, 2.75) is 26.4 Å². The first kappa shape index (κ1) is 7.69. The highest BCUT2D eigenvalue weighted by molar-refractivity contribution is 7.80. The molecule has 3 heteroatoms. The highest BCUT2D eigenvalue weighted by atomic mass is 32.1. The van der Waals surface area contributed by atoms with Crippen LogP contribution in [0.4, 0.5) is 0 Å². The molecule has 2 nitrogen and oxygen atoms in total. The molecule has 0 rings (SSSR count). The lowest BCUT2D eigenvalue weighted by atomic mass is 10.2. The highest BCUT2D eigenvalue weighted by Gasteiger charge is 2.10. The zero-order valence-corrected chi connectivity index (χ0v) is 6.21. The molecule has 0 aromatic carbocycles. The second kappa shape index (κ2) is 2.31. The zero-order chi connectivity index (χ0) is 6.78. The van der Waals surface area contributed by atoms with Gasteiger partial charge in [-0.3, -0.25) is 0 Å². The molecule has 0 saturated heterocycles.